The van der Waals surface area contributed by atoms with Gasteiger partial charge >= 0.3 is 0 Å². The molecule has 1 nitrogen and oxygen atoms in total. The van der Waals surface area contributed by atoms with Crippen LogP contribution < -0.4 is 5.32 Å². The molecule has 0 saturated carbocycles. The standard InChI is InChI=1S/C13H27NS2/c1-9(2)6-7-12(14-5)13-8-15-10(3)11(4)16-13/h9-14H,6-8H2,1-5H3. The van der Waals surface area contributed by atoms with Crippen molar-refractivity contribution in [1.29, 1.82) is 0 Å². The Labute approximate surface area is 110 Å². The summed E-state index contributed by atoms with van der Waals surface area (Å²) in [6, 6.07) is 0.704. The lowest BCUT2D eigenvalue weighted by molar-refractivity contribution is 0.451. The highest BCUT2D eigenvalue weighted by atomic mass is 32.2. The molecule has 0 radical (unpaired) electrons. The van der Waals surface area contributed by atoms with Gasteiger partial charge in [-0.25, -0.2) is 0 Å². The monoisotopic (exact) mass is 261 g/mol. The van der Waals surface area contributed by atoms with E-state index in [9.17, 15) is 0 Å². The Bertz CT molecular complexity index is 196. The second kappa shape index (κ2) is 7.17. The lowest BCUT2D eigenvalue weighted by Gasteiger charge is -2.36. The van der Waals surface area contributed by atoms with Crippen molar-refractivity contribution in [2.45, 2.75) is 62.3 Å². The van der Waals surface area contributed by atoms with Gasteiger partial charge in [0.05, 0.1) is 0 Å². The van der Waals surface area contributed by atoms with Crippen LogP contribution in [0, 0.1) is 5.92 Å². The van der Waals surface area contributed by atoms with Crippen molar-refractivity contribution in [2.75, 3.05) is 12.8 Å². The van der Waals surface area contributed by atoms with Crippen LogP contribution >= 0.6 is 23.5 Å². The van der Waals surface area contributed by atoms with E-state index in [1.807, 2.05) is 0 Å². The van der Waals surface area contributed by atoms with Gasteiger partial charge in [0.1, 0.15) is 0 Å². The van der Waals surface area contributed by atoms with Crippen molar-refractivity contribution in [2.24, 2.45) is 5.92 Å². The van der Waals surface area contributed by atoms with Crippen molar-refractivity contribution in [3.63, 3.8) is 0 Å². The summed E-state index contributed by atoms with van der Waals surface area (Å²) in [6.45, 7) is 9.38. The predicted molar refractivity (Wildman–Crippen MR) is 79.7 cm³/mol. The smallest absolute Gasteiger partial charge is 0.0294 e. The van der Waals surface area contributed by atoms with Crippen molar-refractivity contribution < 1.29 is 0 Å². The molecule has 0 aromatic heterocycles. The molecule has 1 saturated heterocycles. The summed E-state index contributed by atoms with van der Waals surface area (Å²) in [5, 5.41) is 5.96. The molecule has 0 aromatic carbocycles. The number of thioether (sulfide) groups is 2. The fraction of sp³-hybridized carbons (Fsp3) is 1.00. The first-order valence-electron chi connectivity index (χ1n) is 6.49. The normalized spacial score (nSPS) is 33.0. The van der Waals surface area contributed by atoms with Gasteiger partial charge in [-0.05, 0) is 25.8 Å². The number of rotatable bonds is 5. The third kappa shape index (κ3) is 4.50. The topological polar surface area (TPSA) is 12.0 Å². The average molecular weight is 262 g/mol. The minimum Gasteiger partial charge on any atom is -0.316 e. The summed E-state index contributed by atoms with van der Waals surface area (Å²) < 4.78 is 0. The fourth-order valence-corrected chi connectivity index (χ4v) is 5.26. The van der Waals surface area contributed by atoms with Gasteiger partial charge in [-0.1, -0.05) is 27.7 Å². The Morgan fingerprint density at radius 3 is 2.38 bits per heavy atom. The van der Waals surface area contributed by atoms with E-state index in [-0.39, 0.29) is 0 Å². The lowest BCUT2D eigenvalue weighted by atomic mass is 10.0. The highest BCUT2D eigenvalue weighted by Crippen LogP contribution is 2.37. The van der Waals surface area contributed by atoms with Crippen LogP contribution in [0.2, 0.25) is 0 Å². The van der Waals surface area contributed by atoms with Gasteiger partial charge in [0.2, 0.25) is 0 Å². The predicted octanol–water partition coefficient (Wildman–Crippen LogP) is 3.64. The quantitative estimate of drug-likeness (QED) is 0.811. The summed E-state index contributed by atoms with van der Waals surface area (Å²) in [7, 11) is 2.12. The van der Waals surface area contributed by atoms with Gasteiger partial charge in [-0.15, -0.1) is 0 Å². The Morgan fingerprint density at radius 2 is 1.88 bits per heavy atom. The summed E-state index contributed by atoms with van der Waals surface area (Å²) in [6.07, 6.45) is 2.67. The van der Waals surface area contributed by atoms with E-state index in [0.29, 0.717) is 6.04 Å². The van der Waals surface area contributed by atoms with E-state index in [0.717, 1.165) is 21.7 Å². The van der Waals surface area contributed by atoms with Crippen molar-refractivity contribution in [3.05, 3.63) is 0 Å². The third-order valence-corrected chi connectivity index (χ3v) is 7.00. The Morgan fingerprint density at radius 1 is 1.19 bits per heavy atom. The Kier molecular flexibility index (Phi) is 6.60. The molecule has 1 heterocycles. The zero-order chi connectivity index (χ0) is 12.1. The summed E-state index contributed by atoms with van der Waals surface area (Å²) in [4.78, 5) is 0. The molecule has 16 heavy (non-hydrogen) atoms. The van der Waals surface area contributed by atoms with Gasteiger partial charge in [-0.3, -0.25) is 0 Å². The van der Waals surface area contributed by atoms with Gasteiger partial charge in [-0.2, -0.15) is 23.5 Å². The molecule has 0 amide bonds. The van der Waals surface area contributed by atoms with E-state index < -0.39 is 0 Å². The lowest BCUT2D eigenvalue weighted by Crippen LogP contribution is -2.41. The summed E-state index contributed by atoms with van der Waals surface area (Å²) >= 11 is 4.35. The molecule has 1 fully saturated rings. The fourth-order valence-electron chi connectivity index (χ4n) is 2.05. The van der Waals surface area contributed by atoms with Gasteiger partial charge in [0.25, 0.3) is 0 Å². The van der Waals surface area contributed by atoms with Crippen LogP contribution in [-0.2, 0) is 0 Å². The van der Waals surface area contributed by atoms with Crippen LogP contribution in [0.15, 0.2) is 0 Å². The SMILES string of the molecule is CNC(CCC(C)C)C1CSC(C)C(C)S1. The molecular weight excluding hydrogens is 234 g/mol. The van der Waals surface area contributed by atoms with E-state index >= 15 is 0 Å². The van der Waals surface area contributed by atoms with E-state index in [1.165, 1.54) is 18.6 Å². The molecule has 1 rings (SSSR count). The minimum atomic E-state index is 0.704. The first kappa shape index (κ1) is 14.7. The molecule has 1 aliphatic heterocycles. The molecule has 4 atom stereocenters. The van der Waals surface area contributed by atoms with Crippen LogP contribution in [0.1, 0.15) is 40.5 Å². The van der Waals surface area contributed by atoms with E-state index in [2.05, 4.69) is 63.6 Å². The summed E-state index contributed by atoms with van der Waals surface area (Å²) in [5.74, 6) is 2.15. The minimum absolute atomic E-state index is 0.704. The molecule has 0 aromatic rings. The van der Waals surface area contributed by atoms with Gasteiger partial charge in [0.15, 0.2) is 0 Å². The molecular formula is C13H27NS2. The van der Waals surface area contributed by atoms with Crippen LogP contribution in [0.25, 0.3) is 0 Å². The number of hydrogen-bond acceptors (Lipinski definition) is 3. The van der Waals surface area contributed by atoms with Crippen LogP contribution in [-0.4, -0.2) is 34.6 Å². The molecule has 0 aliphatic carbocycles. The van der Waals surface area contributed by atoms with Crippen LogP contribution in [0.4, 0.5) is 0 Å². The molecule has 96 valence electrons. The van der Waals surface area contributed by atoms with Crippen LogP contribution in [0.3, 0.4) is 0 Å². The van der Waals surface area contributed by atoms with Crippen molar-refractivity contribution >= 4 is 23.5 Å². The summed E-state index contributed by atoms with van der Waals surface area (Å²) in [5.41, 5.74) is 0. The zero-order valence-electron chi connectivity index (χ0n) is 11.3. The average Bonchev–Trinajstić information content (AvgIpc) is 2.23. The second-order valence-corrected chi connectivity index (χ2v) is 8.32. The van der Waals surface area contributed by atoms with Gasteiger partial charge < -0.3 is 5.32 Å². The molecule has 0 bridgehead atoms. The third-order valence-electron chi connectivity index (χ3n) is 3.45. The second-order valence-electron chi connectivity index (χ2n) is 5.28. The highest BCUT2D eigenvalue weighted by Gasteiger charge is 2.30. The maximum absolute atomic E-state index is 3.53. The number of nitrogens with one attached hydrogen (secondary N) is 1. The molecule has 1 N–H and O–H groups in total. The maximum atomic E-state index is 3.53. The maximum Gasteiger partial charge on any atom is 0.0294 e. The largest absolute Gasteiger partial charge is 0.316 e. The zero-order valence-corrected chi connectivity index (χ0v) is 13.0. The highest BCUT2D eigenvalue weighted by molar-refractivity contribution is 8.07. The number of hydrogen-bond donors (Lipinski definition) is 1. The molecule has 1 aliphatic rings. The Hall–Kier alpha value is 0.660. The van der Waals surface area contributed by atoms with E-state index in [1.54, 1.807) is 0 Å². The molecule has 0 spiro atoms. The van der Waals surface area contributed by atoms with Crippen molar-refractivity contribution in [3.8, 4) is 0 Å². The van der Waals surface area contributed by atoms with Crippen molar-refractivity contribution in [1.82, 2.24) is 5.32 Å². The first-order valence-corrected chi connectivity index (χ1v) is 8.48. The van der Waals surface area contributed by atoms with Crippen LogP contribution in [0.5, 0.6) is 0 Å². The van der Waals surface area contributed by atoms with Gasteiger partial charge in [0, 0.05) is 27.5 Å². The van der Waals surface area contributed by atoms with E-state index in [4.69, 9.17) is 0 Å². The first-order chi connectivity index (χ1) is 7.54. The molecule has 3 heteroatoms. The molecule has 4 unspecified atom stereocenters. The Balaban J connectivity index is 2.40.